The number of alkyl halides is 1. The number of hydrogen-bond acceptors (Lipinski definition) is 1. The Morgan fingerprint density at radius 3 is 2.85 bits per heavy atom. The second-order valence-electron chi connectivity index (χ2n) is 2.80. The third-order valence-corrected chi connectivity index (χ3v) is 2.15. The van der Waals surface area contributed by atoms with Gasteiger partial charge in [-0.3, -0.25) is 4.98 Å². The van der Waals surface area contributed by atoms with E-state index in [9.17, 15) is 4.39 Å². The van der Waals surface area contributed by atoms with Gasteiger partial charge in [0.05, 0.1) is 11.6 Å². The molecule has 1 aromatic heterocycles. The highest BCUT2D eigenvalue weighted by Gasteiger charge is 1.97. The standard InChI is InChI=1S/C10H7ClFN/c11-5-10-4-7-1-2-9(12)3-8(7)6-13-10/h1-4,6H,5H2. The molecule has 0 spiro atoms. The van der Waals surface area contributed by atoms with Crippen LogP contribution in [0.5, 0.6) is 0 Å². The van der Waals surface area contributed by atoms with Crippen molar-refractivity contribution in [3.8, 4) is 0 Å². The maximum Gasteiger partial charge on any atom is 0.123 e. The van der Waals surface area contributed by atoms with E-state index >= 15 is 0 Å². The van der Waals surface area contributed by atoms with Gasteiger partial charge < -0.3 is 0 Å². The molecule has 13 heavy (non-hydrogen) atoms. The summed E-state index contributed by atoms with van der Waals surface area (Å²) in [5.41, 5.74) is 0.806. The highest BCUT2D eigenvalue weighted by molar-refractivity contribution is 6.17. The van der Waals surface area contributed by atoms with E-state index in [1.54, 1.807) is 12.3 Å². The Balaban J connectivity index is 2.66. The molecule has 0 unspecified atom stereocenters. The Morgan fingerprint density at radius 2 is 2.08 bits per heavy atom. The van der Waals surface area contributed by atoms with Crippen LogP contribution in [0.25, 0.3) is 10.8 Å². The first-order valence-corrected chi connectivity index (χ1v) is 4.43. The highest BCUT2D eigenvalue weighted by atomic mass is 35.5. The normalized spacial score (nSPS) is 10.6. The molecule has 1 aromatic carbocycles. The number of rotatable bonds is 1. The highest BCUT2D eigenvalue weighted by Crippen LogP contribution is 2.16. The molecule has 0 N–H and O–H groups in total. The quantitative estimate of drug-likeness (QED) is 0.638. The van der Waals surface area contributed by atoms with E-state index in [0.29, 0.717) is 5.88 Å². The van der Waals surface area contributed by atoms with Crippen molar-refractivity contribution in [3.63, 3.8) is 0 Å². The monoisotopic (exact) mass is 195 g/mol. The molecule has 0 radical (unpaired) electrons. The zero-order valence-corrected chi connectivity index (χ0v) is 7.55. The summed E-state index contributed by atoms with van der Waals surface area (Å²) in [5, 5.41) is 1.76. The zero-order valence-electron chi connectivity index (χ0n) is 6.80. The number of hydrogen-bond donors (Lipinski definition) is 0. The second-order valence-corrected chi connectivity index (χ2v) is 3.07. The summed E-state index contributed by atoms with van der Waals surface area (Å²) in [5.74, 6) is 0.140. The molecule has 0 fully saturated rings. The summed E-state index contributed by atoms with van der Waals surface area (Å²) in [7, 11) is 0. The maximum absolute atomic E-state index is 12.8. The third kappa shape index (κ3) is 1.63. The van der Waals surface area contributed by atoms with E-state index in [2.05, 4.69) is 4.98 Å². The van der Waals surface area contributed by atoms with Gasteiger partial charge in [0.1, 0.15) is 5.82 Å². The largest absolute Gasteiger partial charge is 0.259 e. The smallest absolute Gasteiger partial charge is 0.123 e. The molecule has 0 aliphatic heterocycles. The molecular weight excluding hydrogens is 189 g/mol. The lowest BCUT2D eigenvalue weighted by Gasteiger charge is -1.99. The molecule has 2 aromatic rings. The summed E-state index contributed by atoms with van der Waals surface area (Å²) in [6.07, 6.45) is 1.64. The van der Waals surface area contributed by atoms with Crippen LogP contribution >= 0.6 is 11.6 Å². The minimum Gasteiger partial charge on any atom is -0.259 e. The predicted molar refractivity (Wildman–Crippen MR) is 51.3 cm³/mol. The molecule has 1 nitrogen and oxygen atoms in total. The molecule has 0 bridgehead atoms. The van der Waals surface area contributed by atoms with Crippen molar-refractivity contribution in [2.24, 2.45) is 0 Å². The fourth-order valence-electron chi connectivity index (χ4n) is 1.23. The average molecular weight is 196 g/mol. The van der Waals surface area contributed by atoms with Crippen LogP contribution in [0.2, 0.25) is 0 Å². The van der Waals surface area contributed by atoms with Crippen LogP contribution in [0.4, 0.5) is 4.39 Å². The second kappa shape index (κ2) is 3.30. The van der Waals surface area contributed by atoms with Crippen LogP contribution < -0.4 is 0 Å². The van der Waals surface area contributed by atoms with Gasteiger partial charge in [-0.05, 0) is 23.6 Å². The minimum atomic E-state index is -0.243. The molecule has 3 heteroatoms. The van der Waals surface area contributed by atoms with E-state index in [1.165, 1.54) is 12.1 Å². The van der Waals surface area contributed by atoms with Gasteiger partial charge in [-0.1, -0.05) is 6.07 Å². The number of benzene rings is 1. The number of pyridine rings is 1. The van der Waals surface area contributed by atoms with Crippen LogP contribution in [0.1, 0.15) is 5.69 Å². The first-order valence-electron chi connectivity index (χ1n) is 3.90. The third-order valence-electron chi connectivity index (χ3n) is 1.88. The summed E-state index contributed by atoms with van der Waals surface area (Å²) in [4.78, 5) is 4.07. The molecule has 0 atom stereocenters. The number of fused-ring (bicyclic) bond motifs is 1. The summed E-state index contributed by atoms with van der Waals surface area (Å²) >= 11 is 5.62. The minimum absolute atomic E-state index is 0.243. The Hall–Kier alpha value is -1.15. The Morgan fingerprint density at radius 1 is 1.23 bits per heavy atom. The van der Waals surface area contributed by atoms with Gasteiger partial charge >= 0.3 is 0 Å². The van der Waals surface area contributed by atoms with Gasteiger partial charge in [0, 0.05) is 11.6 Å². The lowest BCUT2D eigenvalue weighted by molar-refractivity contribution is 0.629. The van der Waals surface area contributed by atoms with Gasteiger partial charge in [-0.2, -0.15) is 0 Å². The van der Waals surface area contributed by atoms with Crippen LogP contribution in [0.3, 0.4) is 0 Å². The van der Waals surface area contributed by atoms with Crippen LogP contribution in [0, 0.1) is 5.82 Å². The van der Waals surface area contributed by atoms with Crippen LogP contribution in [-0.2, 0) is 5.88 Å². The van der Waals surface area contributed by atoms with Crippen LogP contribution in [-0.4, -0.2) is 4.98 Å². The molecule has 0 aliphatic rings. The van der Waals surface area contributed by atoms with E-state index in [0.717, 1.165) is 16.5 Å². The molecule has 0 saturated carbocycles. The predicted octanol–water partition coefficient (Wildman–Crippen LogP) is 3.11. The zero-order chi connectivity index (χ0) is 9.26. The fourth-order valence-corrected chi connectivity index (χ4v) is 1.38. The molecule has 66 valence electrons. The van der Waals surface area contributed by atoms with Crippen molar-refractivity contribution >= 4 is 22.4 Å². The Bertz CT molecular complexity index is 442. The molecular formula is C10H7ClFN. The van der Waals surface area contributed by atoms with Gasteiger partial charge in [-0.15, -0.1) is 11.6 Å². The Kier molecular flexibility index (Phi) is 2.15. The van der Waals surface area contributed by atoms with Crippen molar-refractivity contribution in [3.05, 3.63) is 42.0 Å². The van der Waals surface area contributed by atoms with Crippen molar-refractivity contribution in [1.29, 1.82) is 0 Å². The lowest BCUT2D eigenvalue weighted by Crippen LogP contribution is -1.85. The summed E-state index contributed by atoms with van der Waals surface area (Å²) in [6.45, 7) is 0. The number of aromatic nitrogens is 1. The van der Waals surface area contributed by atoms with E-state index in [-0.39, 0.29) is 5.82 Å². The van der Waals surface area contributed by atoms with Crippen molar-refractivity contribution in [2.45, 2.75) is 5.88 Å². The van der Waals surface area contributed by atoms with E-state index in [4.69, 9.17) is 11.6 Å². The average Bonchev–Trinajstić information content (AvgIpc) is 2.17. The molecule has 0 saturated heterocycles. The lowest BCUT2D eigenvalue weighted by atomic mass is 10.1. The number of nitrogens with zero attached hydrogens (tertiary/aromatic N) is 1. The van der Waals surface area contributed by atoms with Crippen LogP contribution in [0.15, 0.2) is 30.5 Å². The first-order chi connectivity index (χ1) is 6.29. The summed E-state index contributed by atoms with van der Waals surface area (Å²) in [6, 6.07) is 6.48. The molecule has 0 aliphatic carbocycles. The van der Waals surface area contributed by atoms with Crippen molar-refractivity contribution in [2.75, 3.05) is 0 Å². The van der Waals surface area contributed by atoms with E-state index < -0.39 is 0 Å². The maximum atomic E-state index is 12.8. The molecule has 0 amide bonds. The molecule has 2 rings (SSSR count). The number of halogens is 2. The van der Waals surface area contributed by atoms with Gasteiger partial charge in [0.2, 0.25) is 0 Å². The SMILES string of the molecule is Fc1ccc2cc(CCl)ncc2c1. The van der Waals surface area contributed by atoms with Gasteiger partial charge in [0.15, 0.2) is 0 Å². The van der Waals surface area contributed by atoms with Crippen molar-refractivity contribution < 1.29 is 4.39 Å². The van der Waals surface area contributed by atoms with Gasteiger partial charge in [-0.25, -0.2) is 4.39 Å². The fraction of sp³-hybridized carbons (Fsp3) is 0.100. The Labute approximate surface area is 80.2 Å². The topological polar surface area (TPSA) is 12.9 Å². The summed E-state index contributed by atoms with van der Waals surface area (Å²) < 4.78 is 12.8. The van der Waals surface area contributed by atoms with Gasteiger partial charge in [0.25, 0.3) is 0 Å². The molecule has 1 heterocycles. The van der Waals surface area contributed by atoms with E-state index in [1.807, 2.05) is 6.07 Å². The first kappa shape index (κ1) is 8.45. The van der Waals surface area contributed by atoms with Crippen molar-refractivity contribution in [1.82, 2.24) is 4.98 Å².